The molecule has 1 fully saturated rings. The second-order valence-electron chi connectivity index (χ2n) is 5.21. The van der Waals surface area contributed by atoms with Gasteiger partial charge in [-0.05, 0) is 30.7 Å². The van der Waals surface area contributed by atoms with Crippen LogP contribution in [0.4, 0.5) is 0 Å². The van der Waals surface area contributed by atoms with Gasteiger partial charge in [-0.1, -0.05) is 11.8 Å². The largest absolute Gasteiger partial charge is 0.395 e. The maximum absolute atomic E-state index is 12.4. The van der Waals surface area contributed by atoms with Crippen molar-refractivity contribution in [1.29, 1.82) is 0 Å². The molecule has 4 nitrogen and oxygen atoms in total. The molecule has 0 saturated carbocycles. The summed E-state index contributed by atoms with van der Waals surface area (Å²) in [7, 11) is 1.70. The van der Waals surface area contributed by atoms with E-state index >= 15 is 0 Å². The number of likely N-dealkylation sites (tertiary alicyclic amines) is 1. The Morgan fingerprint density at radius 3 is 2.86 bits per heavy atom. The molecule has 1 aromatic carbocycles. The van der Waals surface area contributed by atoms with Crippen molar-refractivity contribution in [2.24, 2.45) is 5.92 Å². The predicted octanol–water partition coefficient (Wildman–Crippen LogP) is 1.53. The number of ether oxygens (including phenoxy) is 1. The van der Waals surface area contributed by atoms with Crippen LogP contribution >= 0.6 is 0 Å². The van der Waals surface area contributed by atoms with E-state index in [1.165, 1.54) is 0 Å². The molecular weight excluding hydrogens is 266 g/mol. The first kappa shape index (κ1) is 15.6. The fourth-order valence-corrected chi connectivity index (χ4v) is 2.49. The molecule has 2 rings (SSSR count). The van der Waals surface area contributed by atoms with E-state index in [0.717, 1.165) is 25.1 Å². The average Bonchev–Trinajstić information content (AvgIpc) is 2.97. The van der Waals surface area contributed by atoms with Crippen LogP contribution in [0.5, 0.6) is 0 Å². The number of carbonyl (C=O) groups is 1. The summed E-state index contributed by atoms with van der Waals surface area (Å²) in [6.45, 7) is 2.35. The Morgan fingerprint density at radius 2 is 2.19 bits per heavy atom. The van der Waals surface area contributed by atoms with Crippen LogP contribution in [0.1, 0.15) is 28.8 Å². The van der Waals surface area contributed by atoms with Gasteiger partial charge in [0.15, 0.2) is 0 Å². The molecule has 0 aliphatic carbocycles. The average molecular weight is 287 g/mol. The van der Waals surface area contributed by atoms with Crippen LogP contribution in [0.3, 0.4) is 0 Å². The summed E-state index contributed by atoms with van der Waals surface area (Å²) in [5.41, 5.74) is 1.56. The molecule has 1 N–H and O–H groups in total. The highest BCUT2D eigenvalue weighted by Crippen LogP contribution is 2.19. The Bertz CT molecular complexity index is 527. The molecule has 0 spiro atoms. The first-order chi connectivity index (χ1) is 10.2. The van der Waals surface area contributed by atoms with Gasteiger partial charge in [0.25, 0.3) is 5.91 Å². The molecule has 1 atom stereocenters. The smallest absolute Gasteiger partial charge is 0.253 e. The van der Waals surface area contributed by atoms with Gasteiger partial charge in [0.2, 0.25) is 0 Å². The van der Waals surface area contributed by atoms with Crippen molar-refractivity contribution in [2.75, 3.05) is 33.4 Å². The molecule has 1 amide bonds. The Morgan fingerprint density at radius 1 is 1.43 bits per heavy atom. The third-order valence-electron chi connectivity index (χ3n) is 3.58. The number of hydrogen-bond donors (Lipinski definition) is 1. The van der Waals surface area contributed by atoms with Crippen molar-refractivity contribution in [3.05, 3.63) is 35.4 Å². The fourth-order valence-electron chi connectivity index (χ4n) is 2.49. The molecule has 1 saturated heterocycles. The summed E-state index contributed by atoms with van der Waals surface area (Å²) in [5, 5.41) is 8.68. The third-order valence-corrected chi connectivity index (χ3v) is 3.58. The Balaban J connectivity index is 1.96. The molecule has 1 aliphatic heterocycles. The molecule has 0 aromatic heterocycles. The van der Waals surface area contributed by atoms with Crippen molar-refractivity contribution in [1.82, 2.24) is 4.90 Å². The fraction of sp³-hybridized carbons (Fsp3) is 0.471. The van der Waals surface area contributed by atoms with E-state index in [0.29, 0.717) is 24.5 Å². The zero-order chi connectivity index (χ0) is 15.1. The molecule has 1 unspecified atom stereocenters. The van der Waals surface area contributed by atoms with Crippen molar-refractivity contribution < 1.29 is 14.6 Å². The van der Waals surface area contributed by atoms with Crippen LogP contribution in [0.15, 0.2) is 24.3 Å². The Kier molecular flexibility index (Phi) is 5.79. The zero-order valence-corrected chi connectivity index (χ0v) is 12.3. The number of aliphatic hydroxyl groups is 1. The highest BCUT2D eigenvalue weighted by Gasteiger charge is 2.26. The van der Waals surface area contributed by atoms with Crippen molar-refractivity contribution in [2.45, 2.75) is 12.8 Å². The maximum Gasteiger partial charge on any atom is 0.253 e. The summed E-state index contributed by atoms with van der Waals surface area (Å²) in [5.74, 6) is 6.34. The van der Waals surface area contributed by atoms with Crippen LogP contribution < -0.4 is 0 Å². The van der Waals surface area contributed by atoms with E-state index in [1.54, 1.807) is 7.11 Å². The predicted molar refractivity (Wildman–Crippen MR) is 80.9 cm³/mol. The number of nitrogens with zero attached hydrogens (tertiary/aromatic N) is 1. The van der Waals surface area contributed by atoms with Gasteiger partial charge in [-0.25, -0.2) is 0 Å². The van der Waals surface area contributed by atoms with E-state index in [9.17, 15) is 4.79 Å². The van der Waals surface area contributed by atoms with E-state index in [2.05, 4.69) is 11.8 Å². The lowest BCUT2D eigenvalue weighted by Gasteiger charge is -2.16. The number of aliphatic hydroxyl groups excluding tert-OH is 1. The minimum Gasteiger partial charge on any atom is -0.395 e. The molecule has 21 heavy (non-hydrogen) atoms. The standard InChI is InChI=1S/C17H21NO3/c1-21-13-15-9-10-18(12-15)17(20)16-7-5-14(6-8-16)4-2-3-11-19/h5-8,15,19H,3,9-13H2,1H3. The maximum atomic E-state index is 12.4. The Labute approximate surface area is 125 Å². The quantitative estimate of drug-likeness (QED) is 0.854. The number of carbonyl (C=O) groups excluding carboxylic acids is 1. The van der Waals surface area contributed by atoms with Gasteiger partial charge in [-0.3, -0.25) is 4.79 Å². The lowest BCUT2D eigenvalue weighted by Crippen LogP contribution is -2.29. The lowest BCUT2D eigenvalue weighted by molar-refractivity contribution is 0.0775. The highest BCUT2D eigenvalue weighted by atomic mass is 16.5. The number of rotatable bonds is 4. The molecule has 1 aromatic rings. The van der Waals surface area contributed by atoms with Gasteiger partial charge < -0.3 is 14.7 Å². The molecule has 0 bridgehead atoms. The second kappa shape index (κ2) is 7.82. The first-order valence-corrected chi connectivity index (χ1v) is 7.22. The van der Waals surface area contributed by atoms with Gasteiger partial charge in [-0.2, -0.15) is 0 Å². The summed E-state index contributed by atoms with van der Waals surface area (Å²) in [6.07, 6.45) is 1.47. The number of benzene rings is 1. The first-order valence-electron chi connectivity index (χ1n) is 7.22. The minimum absolute atomic E-state index is 0.0706. The van der Waals surface area contributed by atoms with Crippen molar-refractivity contribution >= 4 is 5.91 Å². The van der Waals surface area contributed by atoms with E-state index in [1.807, 2.05) is 29.2 Å². The molecule has 4 heteroatoms. The van der Waals surface area contributed by atoms with Gasteiger partial charge in [0.1, 0.15) is 0 Å². The number of hydrogen-bond acceptors (Lipinski definition) is 3. The van der Waals surface area contributed by atoms with Crippen molar-refractivity contribution in [3.8, 4) is 11.8 Å². The summed E-state index contributed by atoms with van der Waals surface area (Å²) >= 11 is 0. The van der Waals surface area contributed by atoms with Crippen molar-refractivity contribution in [3.63, 3.8) is 0 Å². The minimum atomic E-state index is 0.0706. The summed E-state index contributed by atoms with van der Waals surface area (Å²) in [4.78, 5) is 14.3. The summed E-state index contributed by atoms with van der Waals surface area (Å²) < 4.78 is 5.15. The summed E-state index contributed by atoms with van der Waals surface area (Å²) in [6, 6.07) is 7.32. The highest BCUT2D eigenvalue weighted by molar-refractivity contribution is 5.94. The molecule has 1 heterocycles. The van der Waals surface area contributed by atoms with Crippen LogP contribution in [0.25, 0.3) is 0 Å². The Hall–Kier alpha value is -1.83. The van der Waals surface area contributed by atoms with E-state index in [-0.39, 0.29) is 12.5 Å². The molecule has 0 radical (unpaired) electrons. The van der Waals surface area contributed by atoms with Crippen LogP contribution in [0.2, 0.25) is 0 Å². The van der Waals surface area contributed by atoms with Crippen LogP contribution in [-0.2, 0) is 4.74 Å². The number of amides is 1. The van der Waals surface area contributed by atoms with E-state index < -0.39 is 0 Å². The van der Waals surface area contributed by atoms with E-state index in [4.69, 9.17) is 9.84 Å². The third kappa shape index (κ3) is 4.32. The van der Waals surface area contributed by atoms with Gasteiger partial charge >= 0.3 is 0 Å². The van der Waals surface area contributed by atoms with Gasteiger partial charge in [0.05, 0.1) is 13.2 Å². The van der Waals surface area contributed by atoms with Crippen LogP contribution in [0, 0.1) is 17.8 Å². The van der Waals surface area contributed by atoms with Crippen LogP contribution in [-0.4, -0.2) is 49.3 Å². The molecular formula is C17H21NO3. The molecule has 1 aliphatic rings. The molecule has 112 valence electrons. The number of methoxy groups -OCH3 is 1. The SMILES string of the molecule is COCC1CCN(C(=O)c2ccc(C#CCCO)cc2)C1. The topological polar surface area (TPSA) is 49.8 Å². The zero-order valence-electron chi connectivity index (χ0n) is 12.3. The van der Waals surface area contributed by atoms with Gasteiger partial charge in [-0.15, -0.1) is 0 Å². The lowest BCUT2D eigenvalue weighted by atomic mass is 10.1. The normalized spacial score (nSPS) is 17.4. The van der Waals surface area contributed by atoms with Gasteiger partial charge in [0, 0.05) is 43.7 Å². The second-order valence-corrected chi connectivity index (χ2v) is 5.21. The monoisotopic (exact) mass is 287 g/mol.